The van der Waals surface area contributed by atoms with Crippen LogP contribution >= 0.6 is 12.4 Å². The Kier molecular flexibility index (Phi) is 9.05. The second kappa shape index (κ2) is 9.91. The molecule has 0 bridgehead atoms. The Morgan fingerprint density at radius 3 is 2.43 bits per heavy atom. The zero-order valence-corrected chi connectivity index (χ0v) is 13.8. The van der Waals surface area contributed by atoms with Crippen LogP contribution in [0.3, 0.4) is 0 Å². The molecule has 0 aromatic heterocycles. The third kappa shape index (κ3) is 5.96. The molecule has 0 fully saturated rings. The minimum absolute atomic E-state index is 0. The Morgan fingerprint density at radius 2 is 1.87 bits per heavy atom. The first-order valence-corrected chi connectivity index (χ1v) is 7.13. The number of nitrogens with one attached hydrogen (secondary N) is 1. The summed E-state index contributed by atoms with van der Waals surface area (Å²) in [4.78, 5) is 22.7. The Bertz CT molecular complexity index is 563. The molecule has 8 heteroatoms. The van der Waals surface area contributed by atoms with E-state index in [1.54, 1.807) is 6.92 Å². The monoisotopic (exact) mass is 346 g/mol. The van der Waals surface area contributed by atoms with E-state index in [-0.39, 0.29) is 30.4 Å². The van der Waals surface area contributed by atoms with Crippen LogP contribution in [0.25, 0.3) is 0 Å². The van der Waals surface area contributed by atoms with Crippen molar-refractivity contribution < 1.29 is 24.9 Å². The number of carbonyl (C=O) groups excluding carboxylic acids is 1. The van der Waals surface area contributed by atoms with Gasteiger partial charge in [0.2, 0.25) is 5.91 Å². The van der Waals surface area contributed by atoms with Gasteiger partial charge in [-0.25, -0.2) is 4.79 Å². The Hall–Kier alpha value is -1.99. The van der Waals surface area contributed by atoms with Crippen LogP contribution in [0.5, 0.6) is 11.5 Å². The van der Waals surface area contributed by atoms with Crippen molar-refractivity contribution in [2.75, 3.05) is 6.54 Å². The first-order valence-electron chi connectivity index (χ1n) is 7.13. The zero-order valence-electron chi connectivity index (χ0n) is 13.0. The average Bonchev–Trinajstić information content (AvgIpc) is 2.42. The number of carboxylic acid groups (broad SMARTS) is 1. The zero-order chi connectivity index (χ0) is 16.7. The molecule has 0 heterocycles. The average molecular weight is 347 g/mol. The van der Waals surface area contributed by atoms with Crippen LogP contribution in [0, 0.1) is 6.92 Å². The molecule has 0 saturated carbocycles. The molecule has 0 saturated heterocycles. The Morgan fingerprint density at radius 1 is 1.22 bits per heavy atom. The highest BCUT2D eigenvalue weighted by Crippen LogP contribution is 2.33. The number of hydrogen-bond donors (Lipinski definition) is 5. The number of aryl methyl sites for hydroxylation is 1. The molecule has 0 atom stereocenters. The molecule has 1 rings (SSSR count). The highest BCUT2D eigenvalue weighted by atomic mass is 35.5. The molecule has 6 N–H and O–H groups in total. The molecule has 0 aliphatic heterocycles. The normalized spacial score (nSPS) is 10.0. The first-order chi connectivity index (χ1) is 10.4. The number of rotatable bonds is 8. The van der Waals surface area contributed by atoms with Crippen LogP contribution < -0.4 is 11.1 Å². The number of aromatic hydroxyl groups is 2. The fourth-order valence-corrected chi connectivity index (χ4v) is 2.14. The van der Waals surface area contributed by atoms with Gasteiger partial charge >= 0.3 is 5.97 Å². The van der Waals surface area contributed by atoms with E-state index in [0.29, 0.717) is 18.5 Å². The Balaban J connectivity index is 0.00000484. The number of amides is 1. The first kappa shape index (κ1) is 21.0. The van der Waals surface area contributed by atoms with Crippen molar-refractivity contribution in [2.24, 2.45) is 5.73 Å². The number of halogens is 1. The maximum atomic E-state index is 11.7. The molecule has 23 heavy (non-hydrogen) atoms. The van der Waals surface area contributed by atoms with Gasteiger partial charge in [-0.15, -0.1) is 12.4 Å². The van der Waals surface area contributed by atoms with Gasteiger partial charge in [0.1, 0.15) is 17.1 Å². The summed E-state index contributed by atoms with van der Waals surface area (Å²) in [7, 11) is 0. The van der Waals surface area contributed by atoms with Crippen LogP contribution in [0.1, 0.15) is 47.2 Å². The van der Waals surface area contributed by atoms with Crippen molar-refractivity contribution >= 4 is 24.3 Å². The second-order valence-corrected chi connectivity index (χ2v) is 5.10. The number of unbranched alkanes of at least 4 members (excludes halogenated alkanes) is 2. The highest BCUT2D eigenvalue weighted by molar-refractivity contribution is 5.94. The van der Waals surface area contributed by atoms with Gasteiger partial charge in [-0.1, -0.05) is 6.42 Å². The van der Waals surface area contributed by atoms with Gasteiger partial charge in [0.15, 0.2) is 0 Å². The van der Waals surface area contributed by atoms with E-state index < -0.39 is 23.0 Å². The predicted molar refractivity (Wildman–Crippen MR) is 88.1 cm³/mol. The molecule has 1 aromatic rings. The van der Waals surface area contributed by atoms with E-state index >= 15 is 0 Å². The summed E-state index contributed by atoms with van der Waals surface area (Å²) >= 11 is 0. The smallest absolute Gasteiger partial charge is 0.343 e. The lowest BCUT2D eigenvalue weighted by Gasteiger charge is -2.13. The number of phenols is 2. The minimum atomic E-state index is -1.43. The molecule has 0 aliphatic carbocycles. The van der Waals surface area contributed by atoms with Gasteiger partial charge in [0.05, 0.1) is 0 Å². The van der Waals surface area contributed by atoms with Crippen LogP contribution in [-0.4, -0.2) is 33.7 Å². The summed E-state index contributed by atoms with van der Waals surface area (Å²) in [5.41, 5.74) is 5.60. The van der Waals surface area contributed by atoms with E-state index in [2.05, 4.69) is 5.32 Å². The summed E-state index contributed by atoms with van der Waals surface area (Å²) in [6.45, 7) is 2.22. The maximum absolute atomic E-state index is 11.7. The molecule has 0 unspecified atom stereocenters. The predicted octanol–water partition coefficient (Wildman–Crippen LogP) is 1.66. The van der Waals surface area contributed by atoms with Crippen LogP contribution in [0.4, 0.5) is 0 Å². The summed E-state index contributed by atoms with van der Waals surface area (Å²) in [6, 6.07) is 1.26. The molecule has 0 aliphatic rings. The third-order valence-corrected chi connectivity index (χ3v) is 3.39. The van der Waals surface area contributed by atoms with Gasteiger partial charge in [0, 0.05) is 18.5 Å². The molecule has 0 radical (unpaired) electrons. The molecule has 130 valence electrons. The fourth-order valence-electron chi connectivity index (χ4n) is 2.14. The van der Waals surface area contributed by atoms with Crippen molar-refractivity contribution in [1.29, 1.82) is 0 Å². The van der Waals surface area contributed by atoms with E-state index in [4.69, 9.17) is 10.8 Å². The van der Waals surface area contributed by atoms with Gasteiger partial charge in [-0.2, -0.15) is 0 Å². The molecular formula is C15H23ClN2O5. The lowest BCUT2D eigenvalue weighted by molar-refractivity contribution is -0.121. The van der Waals surface area contributed by atoms with Gasteiger partial charge in [-0.05, 0) is 37.9 Å². The standard InChI is InChI=1S/C15H22N2O5.ClH/c1-9-7-11(18)13(15(21)22)14(20)10(9)8-17-12(19)5-3-2-4-6-16;/h7,18,20H,2-6,8,16H2,1H3,(H,17,19)(H,21,22);1H. The minimum Gasteiger partial charge on any atom is -0.507 e. The largest absolute Gasteiger partial charge is 0.507 e. The number of carbonyl (C=O) groups is 2. The number of hydrogen-bond acceptors (Lipinski definition) is 5. The number of aromatic carboxylic acids is 1. The summed E-state index contributed by atoms with van der Waals surface area (Å²) in [6.07, 6.45) is 2.82. The van der Waals surface area contributed by atoms with Crippen LogP contribution in [-0.2, 0) is 11.3 Å². The summed E-state index contributed by atoms with van der Waals surface area (Å²) in [5, 5.41) is 31.2. The van der Waals surface area contributed by atoms with Gasteiger partial charge in [-0.3, -0.25) is 4.79 Å². The fraction of sp³-hybridized carbons (Fsp3) is 0.467. The van der Waals surface area contributed by atoms with Gasteiger partial charge in [0.25, 0.3) is 0 Å². The lowest BCUT2D eigenvalue weighted by Crippen LogP contribution is -2.23. The Labute approximate surface area is 140 Å². The topological polar surface area (TPSA) is 133 Å². The number of carboxylic acids is 1. The van der Waals surface area contributed by atoms with Crippen LogP contribution in [0.2, 0.25) is 0 Å². The van der Waals surface area contributed by atoms with E-state index in [0.717, 1.165) is 19.3 Å². The molecular weight excluding hydrogens is 324 g/mol. The van der Waals surface area contributed by atoms with Crippen molar-refractivity contribution in [1.82, 2.24) is 5.32 Å². The molecule has 1 aromatic carbocycles. The van der Waals surface area contributed by atoms with Crippen molar-refractivity contribution in [3.05, 3.63) is 22.8 Å². The van der Waals surface area contributed by atoms with E-state index in [1.165, 1.54) is 6.07 Å². The summed E-state index contributed by atoms with van der Waals surface area (Å²) in [5.74, 6) is -2.63. The molecule has 1 amide bonds. The third-order valence-electron chi connectivity index (χ3n) is 3.39. The summed E-state index contributed by atoms with van der Waals surface area (Å²) < 4.78 is 0. The van der Waals surface area contributed by atoms with Gasteiger partial charge < -0.3 is 26.4 Å². The van der Waals surface area contributed by atoms with Crippen LogP contribution in [0.15, 0.2) is 6.07 Å². The maximum Gasteiger partial charge on any atom is 0.343 e. The number of benzene rings is 1. The SMILES string of the molecule is Cc1cc(O)c(C(=O)O)c(O)c1CNC(=O)CCCCCN.Cl. The molecule has 0 spiro atoms. The molecule has 7 nitrogen and oxygen atoms in total. The van der Waals surface area contributed by atoms with Crippen molar-refractivity contribution in [3.63, 3.8) is 0 Å². The van der Waals surface area contributed by atoms with E-state index in [1.807, 2.05) is 0 Å². The van der Waals surface area contributed by atoms with Crippen molar-refractivity contribution in [3.8, 4) is 11.5 Å². The van der Waals surface area contributed by atoms with E-state index in [9.17, 15) is 19.8 Å². The highest BCUT2D eigenvalue weighted by Gasteiger charge is 2.21. The lowest BCUT2D eigenvalue weighted by atomic mass is 10.0. The second-order valence-electron chi connectivity index (χ2n) is 5.10. The number of nitrogens with two attached hydrogens (primary N) is 1. The quantitative estimate of drug-likeness (QED) is 0.455. The van der Waals surface area contributed by atoms with Crippen molar-refractivity contribution in [2.45, 2.75) is 39.2 Å².